The van der Waals surface area contributed by atoms with Crippen molar-refractivity contribution in [1.29, 1.82) is 0 Å². The van der Waals surface area contributed by atoms with E-state index in [0.717, 1.165) is 33.6 Å². The van der Waals surface area contributed by atoms with Crippen LogP contribution in [-0.4, -0.2) is 13.2 Å². The predicted octanol–water partition coefficient (Wildman–Crippen LogP) is 6.50. The Morgan fingerprint density at radius 3 is 2.52 bits per heavy atom. The van der Waals surface area contributed by atoms with Gasteiger partial charge < -0.3 is 14.8 Å². The zero-order valence-corrected chi connectivity index (χ0v) is 18.1. The maximum atomic E-state index is 6.28. The van der Waals surface area contributed by atoms with Gasteiger partial charge in [0.1, 0.15) is 6.61 Å². The standard InChI is InChI=1S/C22H27BrClNO2/c1-26-21-13-12-19(23)18(14-25-17-9-4-2-3-5-10-17)22(21)27-15-16-8-6-7-11-20(16)24/h6-8,11-13,17,25H,2-5,9-10,14-15H2,1H3. The number of nitrogens with one attached hydrogen (secondary N) is 1. The van der Waals surface area contributed by atoms with E-state index in [0.29, 0.717) is 17.7 Å². The van der Waals surface area contributed by atoms with E-state index < -0.39 is 0 Å². The van der Waals surface area contributed by atoms with Crippen molar-refractivity contribution in [3.63, 3.8) is 0 Å². The number of rotatable bonds is 7. The second-order valence-electron chi connectivity index (χ2n) is 7.01. The molecule has 0 aromatic heterocycles. The molecule has 3 rings (SSSR count). The molecule has 0 aliphatic heterocycles. The Morgan fingerprint density at radius 1 is 1.07 bits per heavy atom. The zero-order valence-electron chi connectivity index (χ0n) is 15.8. The molecule has 3 nitrogen and oxygen atoms in total. The highest BCUT2D eigenvalue weighted by Crippen LogP contribution is 2.37. The maximum Gasteiger partial charge on any atom is 0.167 e. The van der Waals surface area contributed by atoms with Gasteiger partial charge in [0.15, 0.2) is 11.5 Å². The number of methoxy groups -OCH3 is 1. The van der Waals surface area contributed by atoms with Crippen LogP contribution in [0.25, 0.3) is 0 Å². The van der Waals surface area contributed by atoms with Crippen molar-refractivity contribution in [1.82, 2.24) is 5.32 Å². The zero-order chi connectivity index (χ0) is 19.1. The highest BCUT2D eigenvalue weighted by molar-refractivity contribution is 9.10. The first-order chi connectivity index (χ1) is 13.2. The highest BCUT2D eigenvalue weighted by Gasteiger charge is 2.18. The molecule has 2 aromatic carbocycles. The van der Waals surface area contributed by atoms with Crippen LogP contribution >= 0.6 is 27.5 Å². The van der Waals surface area contributed by atoms with Crippen LogP contribution < -0.4 is 14.8 Å². The van der Waals surface area contributed by atoms with Crippen molar-refractivity contribution in [3.8, 4) is 11.5 Å². The van der Waals surface area contributed by atoms with Crippen LogP contribution in [0.4, 0.5) is 0 Å². The molecule has 1 N–H and O–H groups in total. The lowest BCUT2D eigenvalue weighted by atomic mass is 10.1. The summed E-state index contributed by atoms with van der Waals surface area (Å²) in [7, 11) is 1.67. The van der Waals surface area contributed by atoms with E-state index in [1.54, 1.807) is 7.11 Å². The normalized spacial score (nSPS) is 15.4. The van der Waals surface area contributed by atoms with E-state index in [2.05, 4.69) is 21.2 Å². The Kier molecular flexibility index (Phi) is 7.86. The fourth-order valence-electron chi connectivity index (χ4n) is 3.56. The first-order valence-corrected chi connectivity index (χ1v) is 10.8. The molecule has 1 aliphatic rings. The van der Waals surface area contributed by atoms with Gasteiger partial charge in [-0.05, 0) is 31.0 Å². The molecule has 0 bridgehead atoms. The number of hydrogen-bond acceptors (Lipinski definition) is 3. The summed E-state index contributed by atoms with van der Waals surface area (Å²) in [4.78, 5) is 0. The minimum absolute atomic E-state index is 0.406. The molecule has 0 atom stereocenters. The molecule has 27 heavy (non-hydrogen) atoms. The van der Waals surface area contributed by atoms with Crippen LogP contribution in [0.2, 0.25) is 5.02 Å². The molecule has 2 aromatic rings. The number of benzene rings is 2. The molecule has 0 amide bonds. The van der Waals surface area contributed by atoms with Crippen molar-refractivity contribution >= 4 is 27.5 Å². The van der Waals surface area contributed by atoms with E-state index in [-0.39, 0.29) is 0 Å². The van der Waals surface area contributed by atoms with Gasteiger partial charge in [0.05, 0.1) is 7.11 Å². The molecule has 146 valence electrons. The van der Waals surface area contributed by atoms with Gasteiger partial charge in [-0.3, -0.25) is 0 Å². The molecule has 0 saturated heterocycles. The highest BCUT2D eigenvalue weighted by atomic mass is 79.9. The van der Waals surface area contributed by atoms with Crippen LogP contribution in [0.5, 0.6) is 11.5 Å². The molecule has 1 fully saturated rings. The van der Waals surface area contributed by atoms with Crippen LogP contribution in [0.15, 0.2) is 40.9 Å². The van der Waals surface area contributed by atoms with Gasteiger partial charge in [0.25, 0.3) is 0 Å². The summed E-state index contributed by atoms with van der Waals surface area (Å²) in [5.74, 6) is 1.51. The van der Waals surface area contributed by atoms with Crippen LogP contribution in [0.1, 0.15) is 49.7 Å². The lowest BCUT2D eigenvalue weighted by Gasteiger charge is -2.20. The van der Waals surface area contributed by atoms with Gasteiger partial charge in [0, 0.05) is 33.2 Å². The summed E-state index contributed by atoms with van der Waals surface area (Å²) >= 11 is 9.97. The van der Waals surface area contributed by atoms with E-state index in [1.807, 2.05) is 36.4 Å². The Morgan fingerprint density at radius 2 is 1.81 bits per heavy atom. The largest absolute Gasteiger partial charge is 0.493 e. The van der Waals surface area contributed by atoms with Crippen LogP contribution in [-0.2, 0) is 13.2 Å². The minimum Gasteiger partial charge on any atom is -0.493 e. The second kappa shape index (κ2) is 10.4. The molecule has 0 spiro atoms. The number of ether oxygens (including phenoxy) is 2. The Bertz CT molecular complexity index is 745. The Hall–Kier alpha value is -1.23. The van der Waals surface area contributed by atoms with E-state index in [9.17, 15) is 0 Å². The minimum atomic E-state index is 0.406. The molecule has 0 heterocycles. The predicted molar refractivity (Wildman–Crippen MR) is 115 cm³/mol. The van der Waals surface area contributed by atoms with Crippen molar-refractivity contribution in [2.75, 3.05) is 7.11 Å². The first kappa shape index (κ1) is 20.5. The summed E-state index contributed by atoms with van der Waals surface area (Å²) in [5, 5.41) is 4.44. The van der Waals surface area contributed by atoms with Crippen LogP contribution in [0.3, 0.4) is 0 Å². The third kappa shape index (κ3) is 5.63. The topological polar surface area (TPSA) is 30.5 Å². The van der Waals surface area contributed by atoms with Crippen molar-refractivity contribution in [2.45, 2.75) is 57.7 Å². The lowest BCUT2D eigenvalue weighted by Crippen LogP contribution is -2.28. The average molecular weight is 453 g/mol. The monoisotopic (exact) mass is 451 g/mol. The maximum absolute atomic E-state index is 6.28. The molecular weight excluding hydrogens is 426 g/mol. The van der Waals surface area contributed by atoms with E-state index in [4.69, 9.17) is 21.1 Å². The molecule has 0 unspecified atom stereocenters. The summed E-state index contributed by atoms with van der Waals surface area (Å²) < 4.78 is 12.8. The lowest BCUT2D eigenvalue weighted by molar-refractivity contribution is 0.279. The fourth-order valence-corrected chi connectivity index (χ4v) is 4.20. The molecule has 1 aliphatic carbocycles. The summed E-state index contributed by atoms with van der Waals surface area (Å²) in [6.45, 7) is 1.16. The van der Waals surface area contributed by atoms with Crippen molar-refractivity contribution < 1.29 is 9.47 Å². The van der Waals surface area contributed by atoms with E-state index in [1.165, 1.54) is 38.5 Å². The van der Waals surface area contributed by atoms with Gasteiger partial charge in [0.2, 0.25) is 0 Å². The summed E-state index contributed by atoms with van der Waals surface area (Å²) in [5.41, 5.74) is 2.05. The van der Waals surface area contributed by atoms with Gasteiger partial charge in [-0.15, -0.1) is 0 Å². The number of halogens is 2. The summed E-state index contributed by atoms with van der Waals surface area (Å²) in [6, 6.07) is 12.3. The summed E-state index contributed by atoms with van der Waals surface area (Å²) in [6.07, 6.45) is 7.83. The van der Waals surface area contributed by atoms with Gasteiger partial charge in [-0.1, -0.05) is 71.4 Å². The van der Waals surface area contributed by atoms with Gasteiger partial charge >= 0.3 is 0 Å². The SMILES string of the molecule is COc1ccc(Br)c(CNC2CCCCCC2)c1OCc1ccccc1Cl. The third-order valence-electron chi connectivity index (χ3n) is 5.14. The molecule has 1 saturated carbocycles. The molecular formula is C22H27BrClNO2. The first-order valence-electron chi connectivity index (χ1n) is 9.64. The fraction of sp³-hybridized carbons (Fsp3) is 0.455. The van der Waals surface area contributed by atoms with E-state index >= 15 is 0 Å². The van der Waals surface area contributed by atoms with Crippen molar-refractivity contribution in [2.24, 2.45) is 0 Å². The average Bonchev–Trinajstić information content (AvgIpc) is 2.95. The molecule has 0 radical (unpaired) electrons. The smallest absolute Gasteiger partial charge is 0.167 e. The molecule has 5 heteroatoms. The van der Waals surface area contributed by atoms with Gasteiger partial charge in [-0.25, -0.2) is 0 Å². The number of hydrogen-bond donors (Lipinski definition) is 1. The Labute approximate surface area is 175 Å². The second-order valence-corrected chi connectivity index (χ2v) is 8.27. The van der Waals surface area contributed by atoms with Crippen molar-refractivity contribution in [3.05, 3.63) is 57.0 Å². The van der Waals surface area contributed by atoms with Gasteiger partial charge in [-0.2, -0.15) is 0 Å². The Balaban J connectivity index is 1.76. The van der Waals surface area contributed by atoms with Crippen LogP contribution in [0, 0.1) is 0 Å². The third-order valence-corrected chi connectivity index (χ3v) is 6.25. The quantitative estimate of drug-likeness (QED) is 0.486.